The summed E-state index contributed by atoms with van der Waals surface area (Å²) in [4.78, 5) is 0. The largest absolute Gasteiger partial charge is 0.496 e. The van der Waals surface area contributed by atoms with Crippen LogP contribution in [0.25, 0.3) is 0 Å². The molecule has 96 valence electrons. The average Bonchev–Trinajstić information content (AvgIpc) is 2.87. The van der Waals surface area contributed by atoms with Crippen molar-refractivity contribution in [3.63, 3.8) is 0 Å². The Hall–Kier alpha value is -2.08. The Bertz CT molecular complexity index is 498. The number of hydrogen-bond donors (Lipinski definition) is 2. The highest BCUT2D eigenvalue weighted by atomic mass is 16.5. The molecule has 1 aromatic heterocycles. The van der Waals surface area contributed by atoms with E-state index >= 15 is 0 Å². The Labute approximate surface area is 105 Å². The van der Waals surface area contributed by atoms with E-state index in [1.54, 1.807) is 7.11 Å². The quantitative estimate of drug-likeness (QED) is 0.798. The summed E-state index contributed by atoms with van der Waals surface area (Å²) >= 11 is 0. The van der Waals surface area contributed by atoms with E-state index in [4.69, 9.17) is 14.9 Å². The summed E-state index contributed by atoms with van der Waals surface area (Å²) in [6.07, 6.45) is 0.810. The average molecular weight is 248 g/mol. The smallest absolute Gasteiger partial charge is 0.315 e. The number of aromatic nitrogens is 2. The normalized spacial score (nSPS) is 10.3. The third kappa shape index (κ3) is 2.98. The molecule has 3 N–H and O–H groups in total. The standard InChI is InChI=1S/C12H16N4O2/c1-17-10-5-3-2-4-9(10)6-7-14-12-16-15-11(8-13)18-12/h2-5H,6-8,13H2,1H3,(H,14,16). The Morgan fingerprint density at radius 3 is 2.89 bits per heavy atom. The second kappa shape index (κ2) is 6.02. The summed E-state index contributed by atoms with van der Waals surface area (Å²) < 4.78 is 10.5. The number of benzene rings is 1. The monoisotopic (exact) mass is 248 g/mol. The summed E-state index contributed by atoms with van der Waals surface area (Å²) in [5.74, 6) is 1.31. The number of nitrogens with one attached hydrogen (secondary N) is 1. The van der Waals surface area contributed by atoms with Crippen LogP contribution >= 0.6 is 0 Å². The van der Waals surface area contributed by atoms with E-state index in [-0.39, 0.29) is 6.54 Å². The van der Waals surface area contributed by atoms with Gasteiger partial charge in [0.1, 0.15) is 5.75 Å². The lowest BCUT2D eigenvalue weighted by molar-refractivity contribution is 0.410. The first-order chi connectivity index (χ1) is 8.83. The molecule has 0 aliphatic heterocycles. The van der Waals surface area contributed by atoms with E-state index in [0.29, 0.717) is 18.5 Å². The van der Waals surface area contributed by atoms with Crippen molar-refractivity contribution in [2.75, 3.05) is 19.0 Å². The molecule has 1 heterocycles. The maximum atomic E-state index is 5.38. The molecule has 0 unspecified atom stereocenters. The molecule has 0 amide bonds. The minimum atomic E-state index is 0.251. The van der Waals surface area contributed by atoms with Crippen LogP contribution in [0.4, 0.5) is 6.01 Å². The fourth-order valence-corrected chi connectivity index (χ4v) is 1.62. The lowest BCUT2D eigenvalue weighted by Gasteiger charge is -2.07. The minimum absolute atomic E-state index is 0.251. The molecule has 6 nitrogen and oxygen atoms in total. The fraction of sp³-hybridized carbons (Fsp3) is 0.333. The highest BCUT2D eigenvalue weighted by molar-refractivity contribution is 5.34. The van der Waals surface area contributed by atoms with Crippen molar-refractivity contribution >= 4 is 6.01 Å². The van der Waals surface area contributed by atoms with Gasteiger partial charge in [-0.15, -0.1) is 5.10 Å². The molecule has 0 fully saturated rings. The van der Waals surface area contributed by atoms with Gasteiger partial charge >= 0.3 is 6.01 Å². The summed E-state index contributed by atoms with van der Waals surface area (Å²) in [5.41, 5.74) is 6.51. The van der Waals surface area contributed by atoms with Crippen LogP contribution < -0.4 is 15.8 Å². The van der Waals surface area contributed by atoms with Crippen LogP contribution in [0.15, 0.2) is 28.7 Å². The van der Waals surface area contributed by atoms with Crippen LogP contribution in [0.3, 0.4) is 0 Å². The predicted molar refractivity (Wildman–Crippen MR) is 67.4 cm³/mol. The number of rotatable bonds is 6. The first kappa shape index (κ1) is 12.4. The zero-order valence-electron chi connectivity index (χ0n) is 10.2. The van der Waals surface area contributed by atoms with Crippen LogP contribution in [0.5, 0.6) is 5.75 Å². The number of nitrogens with two attached hydrogens (primary N) is 1. The molecule has 2 aromatic rings. The van der Waals surface area contributed by atoms with Gasteiger partial charge in [0.25, 0.3) is 0 Å². The van der Waals surface area contributed by atoms with Crippen LogP contribution in [0.2, 0.25) is 0 Å². The Morgan fingerprint density at radius 1 is 1.33 bits per heavy atom. The Morgan fingerprint density at radius 2 is 2.17 bits per heavy atom. The van der Waals surface area contributed by atoms with Gasteiger partial charge in [-0.3, -0.25) is 0 Å². The van der Waals surface area contributed by atoms with E-state index in [1.165, 1.54) is 0 Å². The number of para-hydroxylation sites is 1. The summed E-state index contributed by atoms with van der Waals surface area (Å²) in [7, 11) is 1.66. The van der Waals surface area contributed by atoms with E-state index in [1.807, 2.05) is 24.3 Å². The third-order valence-corrected chi connectivity index (χ3v) is 2.50. The molecule has 0 spiro atoms. The van der Waals surface area contributed by atoms with Crippen molar-refractivity contribution < 1.29 is 9.15 Å². The van der Waals surface area contributed by atoms with Crippen molar-refractivity contribution in [3.8, 4) is 5.75 Å². The van der Waals surface area contributed by atoms with Crippen molar-refractivity contribution in [2.24, 2.45) is 5.73 Å². The van der Waals surface area contributed by atoms with Crippen molar-refractivity contribution in [2.45, 2.75) is 13.0 Å². The summed E-state index contributed by atoms with van der Waals surface area (Å²) in [6.45, 7) is 0.938. The van der Waals surface area contributed by atoms with Gasteiger partial charge < -0.3 is 20.2 Å². The van der Waals surface area contributed by atoms with Gasteiger partial charge in [-0.1, -0.05) is 23.3 Å². The van der Waals surface area contributed by atoms with Crippen LogP contribution in [0, 0.1) is 0 Å². The maximum absolute atomic E-state index is 5.38. The molecular weight excluding hydrogens is 232 g/mol. The number of nitrogens with zero attached hydrogens (tertiary/aromatic N) is 2. The highest BCUT2D eigenvalue weighted by Gasteiger charge is 2.04. The third-order valence-electron chi connectivity index (χ3n) is 2.50. The van der Waals surface area contributed by atoms with Gasteiger partial charge in [-0.2, -0.15) is 0 Å². The maximum Gasteiger partial charge on any atom is 0.315 e. The second-order valence-electron chi connectivity index (χ2n) is 3.69. The van der Waals surface area contributed by atoms with E-state index in [2.05, 4.69) is 15.5 Å². The number of anilines is 1. The predicted octanol–water partition coefficient (Wildman–Crippen LogP) is 1.19. The van der Waals surface area contributed by atoms with Gasteiger partial charge in [0, 0.05) is 6.54 Å². The van der Waals surface area contributed by atoms with Crippen LogP contribution in [0.1, 0.15) is 11.5 Å². The molecule has 0 aliphatic carbocycles. The van der Waals surface area contributed by atoms with Gasteiger partial charge in [-0.25, -0.2) is 0 Å². The Kier molecular flexibility index (Phi) is 4.14. The van der Waals surface area contributed by atoms with Gasteiger partial charge in [0.2, 0.25) is 5.89 Å². The first-order valence-corrected chi connectivity index (χ1v) is 5.71. The zero-order valence-corrected chi connectivity index (χ0v) is 10.2. The Balaban J connectivity index is 1.88. The molecule has 0 radical (unpaired) electrons. The number of ether oxygens (including phenoxy) is 1. The molecule has 1 aromatic carbocycles. The fourth-order valence-electron chi connectivity index (χ4n) is 1.62. The zero-order chi connectivity index (χ0) is 12.8. The molecule has 18 heavy (non-hydrogen) atoms. The molecule has 6 heteroatoms. The molecule has 2 rings (SSSR count). The number of methoxy groups -OCH3 is 1. The van der Waals surface area contributed by atoms with Gasteiger partial charge in [-0.05, 0) is 18.1 Å². The molecule has 0 aliphatic rings. The molecular formula is C12H16N4O2. The summed E-state index contributed by atoms with van der Waals surface area (Å²) in [6, 6.07) is 8.29. The van der Waals surface area contributed by atoms with Crippen LogP contribution in [-0.2, 0) is 13.0 Å². The van der Waals surface area contributed by atoms with Crippen LogP contribution in [-0.4, -0.2) is 23.9 Å². The molecule has 0 bridgehead atoms. The first-order valence-electron chi connectivity index (χ1n) is 5.71. The lowest BCUT2D eigenvalue weighted by atomic mass is 10.1. The number of hydrogen-bond acceptors (Lipinski definition) is 6. The van der Waals surface area contributed by atoms with Gasteiger partial charge in [0.05, 0.1) is 13.7 Å². The highest BCUT2D eigenvalue weighted by Crippen LogP contribution is 2.17. The van der Waals surface area contributed by atoms with Gasteiger partial charge in [0.15, 0.2) is 0 Å². The molecule has 0 saturated carbocycles. The minimum Gasteiger partial charge on any atom is -0.496 e. The van der Waals surface area contributed by atoms with E-state index in [9.17, 15) is 0 Å². The SMILES string of the molecule is COc1ccccc1CCNc1nnc(CN)o1. The molecule has 0 saturated heterocycles. The topological polar surface area (TPSA) is 86.2 Å². The van der Waals surface area contributed by atoms with Crippen molar-refractivity contribution in [1.82, 2.24) is 10.2 Å². The van der Waals surface area contributed by atoms with Crippen molar-refractivity contribution in [1.29, 1.82) is 0 Å². The lowest BCUT2D eigenvalue weighted by Crippen LogP contribution is -2.06. The summed E-state index contributed by atoms with van der Waals surface area (Å²) in [5, 5.41) is 10.6. The molecule has 0 atom stereocenters. The van der Waals surface area contributed by atoms with E-state index < -0.39 is 0 Å². The van der Waals surface area contributed by atoms with E-state index in [0.717, 1.165) is 17.7 Å². The van der Waals surface area contributed by atoms with Crippen molar-refractivity contribution in [3.05, 3.63) is 35.7 Å². The second-order valence-corrected chi connectivity index (χ2v) is 3.69.